The highest BCUT2D eigenvalue weighted by Crippen LogP contribution is 2.24. The lowest BCUT2D eigenvalue weighted by Gasteiger charge is -2.41. The molecule has 1 fully saturated rings. The maximum Gasteiger partial charge on any atom is 0.223 e. The molecule has 158 valence electrons. The molecule has 2 heterocycles. The fraction of sp³-hybridized carbons (Fsp3) is 0.381. The van der Waals surface area contributed by atoms with E-state index in [1.165, 1.54) is 11.6 Å². The Labute approximate surface area is 180 Å². The van der Waals surface area contributed by atoms with Gasteiger partial charge in [0.2, 0.25) is 5.91 Å². The van der Waals surface area contributed by atoms with E-state index < -0.39 is 9.84 Å². The minimum absolute atomic E-state index is 0.0343. The molecule has 0 aliphatic carbocycles. The number of anilines is 1. The van der Waals surface area contributed by atoms with E-state index in [0.29, 0.717) is 24.1 Å². The lowest BCUT2D eigenvalue weighted by molar-refractivity contribution is -0.131. The molecule has 1 saturated heterocycles. The Kier molecular flexibility index (Phi) is 5.75. The van der Waals surface area contributed by atoms with Crippen LogP contribution in [0, 0.1) is 6.92 Å². The first-order chi connectivity index (χ1) is 14.3. The van der Waals surface area contributed by atoms with Crippen molar-refractivity contribution in [3.63, 3.8) is 0 Å². The van der Waals surface area contributed by atoms with E-state index in [2.05, 4.69) is 45.7 Å². The van der Waals surface area contributed by atoms with Gasteiger partial charge < -0.3 is 9.80 Å². The van der Waals surface area contributed by atoms with Gasteiger partial charge >= 0.3 is 0 Å². The molecule has 1 aliphatic rings. The zero-order valence-electron chi connectivity index (χ0n) is 17.0. The molecule has 0 spiro atoms. The number of nitrogens with zero attached hydrogens (tertiary/aromatic N) is 4. The number of aromatic nitrogens is 2. The van der Waals surface area contributed by atoms with Crippen LogP contribution in [0.25, 0.3) is 11.0 Å². The lowest BCUT2D eigenvalue weighted by atomic mass is 10.1. The monoisotopic (exact) mass is 444 g/mol. The summed E-state index contributed by atoms with van der Waals surface area (Å²) in [7, 11) is -3.62. The Bertz CT molecular complexity index is 1180. The van der Waals surface area contributed by atoms with Crippen LogP contribution in [0.3, 0.4) is 0 Å². The van der Waals surface area contributed by atoms with E-state index in [4.69, 9.17) is 0 Å². The number of carbonyl (C=O) groups is 1. The van der Waals surface area contributed by atoms with Crippen molar-refractivity contribution in [3.8, 4) is 0 Å². The number of amides is 1. The van der Waals surface area contributed by atoms with Crippen LogP contribution in [0.2, 0.25) is 0 Å². The van der Waals surface area contributed by atoms with Gasteiger partial charge in [0.15, 0.2) is 9.84 Å². The number of sulfone groups is 1. The molecule has 4 rings (SSSR count). The molecule has 30 heavy (non-hydrogen) atoms. The molecule has 1 aliphatic heterocycles. The maximum absolute atomic E-state index is 12.8. The van der Waals surface area contributed by atoms with E-state index in [9.17, 15) is 13.2 Å². The molecule has 0 radical (unpaired) electrons. The number of aryl methyl sites for hydroxylation is 1. The Morgan fingerprint density at radius 1 is 1.17 bits per heavy atom. The van der Waals surface area contributed by atoms with Gasteiger partial charge in [-0.15, -0.1) is 0 Å². The first-order valence-electron chi connectivity index (χ1n) is 9.90. The molecular weight excluding hydrogens is 420 g/mol. The fourth-order valence-corrected chi connectivity index (χ4v) is 5.90. The molecule has 1 amide bonds. The van der Waals surface area contributed by atoms with Crippen molar-refractivity contribution in [2.75, 3.05) is 30.3 Å². The number of rotatable bonds is 5. The van der Waals surface area contributed by atoms with Gasteiger partial charge in [0.05, 0.1) is 22.4 Å². The fourth-order valence-electron chi connectivity index (χ4n) is 3.90. The van der Waals surface area contributed by atoms with Gasteiger partial charge in [0.1, 0.15) is 11.0 Å². The molecule has 0 N–H and O–H groups in total. The van der Waals surface area contributed by atoms with Crippen LogP contribution < -0.4 is 4.90 Å². The standard InChI is InChI=1S/C21H24N4O3S2/c1-15-5-3-6-17(13-15)25-11-10-24(14-16(25)2)20(26)9-12-30(27,28)19-8-4-7-18-21(19)23-29-22-18/h3-8,13,16H,9-12,14H2,1-2H3/t16-/m0/s1. The molecule has 0 bridgehead atoms. The van der Waals surface area contributed by atoms with Crippen molar-refractivity contribution in [1.82, 2.24) is 13.6 Å². The minimum Gasteiger partial charge on any atom is -0.365 e. The van der Waals surface area contributed by atoms with Crippen LogP contribution in [0.5, 0.6) is 0 Å². The molecule has 9 heteroatoms. The molecule has 0 saturated carbocycles. The number of fused-ring (bicyclic) bond motifs is 1. The summed E-state index contributed by atoms with van der Waals surface area (Å²) >= 11 is 0.985. The maximum atomic E-state index is 12.8. The Hall–Kier alpha value is -2.52. The Morgan fingerprint density at radius 3 is 2.73 bits per heavy atom. The van der Waals surface area contributed by atoms with Crippen molar-refractivity contribution < 1.29 is 13.2 Å². The predicted molar refractivity (Wildman–Crippen MR) is 119 cm³/mol. The summed E-state index contributed by atoms with van der Waals surface area (Å²) < 4.78 is 33.8. The molecule has 2 aromatic carbocycles. The van der Waals surface area contributed by atoms with E-state index in [1.807, 2.05) is 6.07 Å². The van der Waals surface area contributed by atoms with Crippen molar-refractivity contribution in [3.05, 3.63) is 48.0 Å². The first-order valence-corrected chi connectivity index (χ1v) is 12.3. The highest BCUT2D eigenvalue weighted by molar-refractivity contribution is 7.91. The van der Waals surface area contributed by atoms with Crippen LogP contribution >= 0.6 is 11.7 Å². The quantitative estimate of drug-likeness (QED) is 0.602. The minimum atomic E-state index is -3.62. The number of benzene rings is 2. The third-order valence-corrected chi connectivity index (χ3v) is 7.77. The summed E-state index contributed by atoms with van der Waals surface area (Å²) in [5.41, 5.74) is 3.31. The van der Waals surface area contributed by atoms with Gasteiger partial charge in [-0.2, -0.15) is 8.75 Å². The second kappa shape index (κ2) is 8.31. The van der Waals surface area contributed by atoms with Crippen molar-refractivity contribution in [1.29, 1.82) is 0 Å². The van der Waals surface area contributed by atoms with Crippen molar-refractivity contribution in [2.24, 2.45) is 0 Å². The second-order valence-corrected chi connectivity index (χ2v) is 10.3. The SMILES string of the molecule is Cc1cccc(N2CCN(C(=O)CCS(=O)(=O)c3cccc4nsnc34)C[C@@H]2C)c1. The lowest BCUT2D eigenvalue weighted by Crippen LogP contribution is -2.54. The summed E-state index contributed by atoms with van der Waals surface area (Å²) in [6.07, 6.45) is -0.0343. The van der Waals surface area contributed by atoms with E-state index >= 15 is 0 Å². The summed E-state index contributed by atoms with van der Waals surface area (Å²) in [4.78, 5) is 17.0. The van der Waals surface area contributed by atoms with Gasteiger partial charge in [-0.3, -0.25) is 4.79 Å². The Balaban J connectivity index is 1.39. The average Bonchev–Trinajstić information content (AvgIpc) is 3.20. The molecule has 7 nitrogen and oxygen atoms in total. The number of carbonyl (C=O) groups excluding carboxylic acids is 1. The third kappa shape index (κ3) is 4.17. The normalized spacial score (nSPS) is 17.5. The van der Waals surface area contributed by atoms with Crippen LogP contribution in [0.15, 0.2) is 47.4 Å². The summed E-state index contributed by atoms with van der Waals surface area (Å²) in [6, 6.07) is 13.4. The van der Waals surface area contributed by atoms with Crippen LogP contribution in [0.4, 0.5) is 5.69 Å². The van der Waals surface area contributed by atoms with Gasteiger partial charge in [-0.25, -0.2) is 8.42 Å². The first kappa shape index (κ1) is 20.7. The van der Waals surface area contributed by atoms with Gasteiger partial charge in [0, 0.05) is 37.8 Å². The van der Waals surface area contributed by atoms with Crippen LogP contribution in [-0.4, -0.2) is 59.4 Å². The largest absolute Gasteiger partial charge is 0.365 e. The smallest absolute Gasteiger partial charge is 0.223 e. The zero-order valence-corrected chi connectivity index (χ0v) is 18.6. The van der Waals surface area contributed by atoms with E-state index in [-0.39, 0.29) is 29.0 Å². The van der Waals surface area contributed by atoms with Crippen molar-refractivity contribution in [2.45, 2.75) is 31.2 Å². The summed E-state index contributed by atoms with van der Waals surface area (Å²) in [5, 5.41) is 0. The summed E-state index contributed by atoms with van der Waals surface area (Å²) in [5.74, 6) is -0.354. The molecular formula is C21H24N4O3S2. The molecule has 1 aromatic heterocycles. The third-order valence-electron chi connectivity index (χ3n) is 5.48. The van der Waals surface area contributed by atoms with Crippen LogP contribution in [0.1, 0.15) is 18.9 Å². The number of piperazine rings is 1. The average molecular weight is 445 g/mol. The summed E-state index contributed by atoms with van der Waals surface area (Å²) in [6.45, 7) is 6.05. The number of hydrogen-bond donors (Lipinski definition) is 0. The van der Waals surface area contributed by atoms with E-state index in [1.54, 1.807) is 17.0 Å². The highest BCUT2D eigenvalue weighted by Gasteiger charge is 2.28. The van der Waals surface area contributed by atoms with Crippen molar-refractivity contribution >= 4 is 44.2 Å². The number of hydrogen-bond acceptors (Lipinski definition) is 7. The van der Waals surface area contributed by atoms with Gasteiger partial charge in [0.25, 0.3) is 0 Å². The van der Waals surface area contributed by atoms with E-state index in [0.717, 1.165) is 24.0 Å². The zero-order chi connectivity index (χ0) is 21.3. The van der Waals surface area contributed by atoms with Gasteiger partial charge in [-0.05, 0) is 43.7 Å². The highest BCUT2D eigenvalue weighted by atomic mass is 32.2. The Morgan fingerprint density at radius 2 is 1.97 bits per heavy atom. The second-order valence-electron chi connectivity index (χ2n) is 7.68. The van der Waals surface area contributed by atoms with Gasteiger partial charge in [-0.1, -0.05) is 18.2 Å². The molecule has 3 aromatic rings. The molecule has 1 atom stereocenters. The topological polar surface area (TPSA) is 83.5 Å². The predicted octanol–water partition coefficient (Wildman–Crippen LogP) is 2.90. The van der Waals surface area contributed by atoms with Crippen LogP contribution in [-0.2, 0) is 14.6 Å². The molecule has 0 unspecified atom stereocenters.